The van der Waals surface area contributed by atoms with Crippen molar-refractivity contribution in [1.29, 1.82) is 0 Å². The zero-order valence-corrected chi connectivity index (χ0v) is 20.9. The number of aromatic nitrogens is 2. The number of carbonyl (C=O) groups is 2. The number of esters is 1. The molecule has 0 aliphatic heterocycles. The van der Waals surface area contributed by atoms with Crippen molar-refractivity contribution < 1.29 is 19.2 Å². The van der Waals surface area contributed by atoms with E-state index in [0.29, 0.717) is 17.1 Å². The minimum Gasteiger partial charge on any atom is -0.459 e. The summed E-state index contributed by atoms with van der Waals surface area (Å²) in [6.45, 7) is 1.42. The van der Waals surface area contributed by atoms with Gasteiger partial charge in [0.25, 0.3) is 0 Å². The van der Waals surface area contributed by atoms with Gasteiger partial charge in [-0.05, 0) is 62.1 Å². The van der Waals surface area contributed by atoms with Crippen LogP contribution in [0.4, 0.5) is 34.5 Å². The molecule has 37 heavy (non-hydrogen) atoms. The second kappa shape index (κ2) is 12.6. The quantitative estimate of drug-likeness (QED) is 0.189. The van der Waals surface area contributed by atoms with E-state index in [1.807, 2.05) is 0 Å². The molecule has 1 fully saturated rings. The number of amides is 1. The standard InChI is InChI=1S/C25H26N6O5.ClH/c1-16(32)27-17-11-13-18(14-12-17)28-25-26-15-22(31(34)35)23(30-25)29-21-10-6-5-9-20(21)24(33)36-19-7-3-2-4-8-19;/h5-6,9-15,19H,2-4,7-8H2,1H3,(H,27,32)(H2,26,28,29,30);1H. The first-order valence-electron chi connectivity index (χ1n) is 11.6. The molecule has 2 aromatic carbocycles. The number of anilines is 5. The lowest BCUT2D eigenvalue weighted by Crippen LogP contribution is -2.21. The van der Waals surface area contributed by atoms with Crippen molar-refractivity contribution in [2.45, 2.75) is 45.1 Å². The second-order valence-corrected chi connectivity index (χ2v) is 8.40. The summed E-state index contributed by atoms with van der Waals surface area (Å²) >= 11 is 0. The minimum atomic E-state index is -0.600. The third-order valence-electron chi connectivity index (χ3n) is 5.65. The zero-order valence-electron chi connectivity index (χ0n) is 20.1. The molecule has 0 atom stereocenters. The summed E-state index contributed by atoms with van der Waals surface area (Å²) in [5.74, 6) is -0.643. The van der Waals surface area contributed by atoms with Crippen LogP contribution in [0.5, 0.6) is 0 Å². The maximum atomic E-state index is 12.9. The summed E-state index contributed by atoms with van der Waals surface area (Å²) in [5.41, 5.74) is 1.49. The first-order chi connectivity index (χ1) is 17.4. The number of nitrogens with zero attached hydrogens (tertiary/aromatic N) is 3. The number of halogens is 1. The molecule has 1 aromatic heterocycles. The molecule has 0 unspecified atom stereocenters. The van der Waals surface area contributed by atoms with Gasteiger partial charge < -0.3 is 20.7 Å². The van der Waals surface area contributed by atoms with E-state index in [1.54, 1.807) is 48.5 Å². The van der Waals surface area contributed by atoms with Crippen LogP contribution in [0.1, 0.15) is 49.4 Å². The molecule has 0 bridgehead atoms. The lowest BCUT2D eigenvalue weighted by atomic mass is 9.98. The number of nitro groups is 1. The maximum Gasteiger partial charge on any atom is 0.340 e. The smallest absolute Gasteiger partial charge is 0.340 e. The van der Waals surface area contributed by atoms with Crippen LogP contribution < -0.4 is 16.0 Å². The van der Waals surface area contributed by atoms with Crippen LogP contribution in [0.25, 0.3) is 0 Å². The number of rotatable bonds is 8. The topological polar surface area (TPSA) is 148 Å². The predicted octanol–water partition coefficient (Wildman–Crippen LogP) is 5.74. The highest BCUT2D eigenvalue weighted by atomic mass is 35.5. The van der Waals surface area contributed by atoms with Gasteiger partial charge in [0.2, 0.25) is 17.7 Å². The average Bonchev–Trinajstić information content (AvgIpc) is 2.86. The number of nitrogens with one attached hydrogen (secondary N) is 3. The fourth-order valence-electron chi connectivity index (χ4n) is 3.93. The van der Waals surface area contributed by atoms with E-state index in [9.17, 15) is 19.7 Å². The van der Waals surface area contributed by atoms with Gasteiger partial charge in [-0.25, -0.2) is 9.78 Å². The maximum absolute atomic E-state index is 12.9. The average molecular weight is 527 g/mol. The van der Waals surface area contributed by atoms with Gasteiger partial charge in [-0.2, -0.15) is 4.98 Å². The van der Waals surface area contributed by atoms with Gasteiger partial charge in [0, 0.05) is 18.3 Å². The molecule has 0 spiro atoms. The van der Waals surface area contributed by atoms with E-state index >= 15 is 0 Å². The van der Waals surface area contributed by atoms with Crippen LogP contribution in [-0.4, -0.2) is 32.9 Å². The number of ether oxygens (including phenoxy) is 1. The van der Waals surface area contributed by atoms with Crippen molar-refractivity contribution in [3.05, 3.63) is 70.4 Å². The summed E-state index contributed by atoms with van der Waals surface area (Å²) in [5, 5.41) is 20.2. The molecule has 194 valence electrons. The number of para-hydroxylation sites is 1. The van der Waals surface area contributed by atoms with Gasteiger partial charge in [-0.15, -0.1) is 12.4 Å². The highest BCUT2D eigenvalue weighted by molar-refractivity contribution is 5.96. The third-order valence-corrected chi connectivity index (χ3v) is 5.65. The van der Waals surface area contributed by atoms with E-state index in [1.165, 1.54) is 6.92 Å². The van der Waals surface area contributed by atoms with Crippen LogP contribution in [0, 0.1) is 10.1 Å². The Morgan fingerprint density at radius 3 is 2.35 bits per heavy atom. The Hall–Kier alpha value is -4.25. The van der Waals surface area contributed by atoms with Crippen molar-refractivity contribution in [2.24, 2.45) is 0 Å². The summed E-state index contributed by atoms with van der Waals surface area (Å²) < 4.78 is 5.69. The molecule has 12 heteroatoms. The van der Waals surface area contributed by atoms with E-state index in [-0.39, 0.29) is 47.4 Å². The van der Waals surface area contributed by atoms with E-state index in [0.717, 1.165) is 38.3 Å². The third kappa shape index (κ3) is 7.37. The lowest BCUT2D eigenvalue weighted by molar-refractivity contribution is -0.384. The van der Waals surface area contributed by atoms with Crippen LogP contribution in [0.2, 0.25) is 0 Å². The summed E-state index contributed by atoms with van der Waals surface area (Å²) in [6, 6.07) is 13.5. The molecule has 0 saturated heterocycles. The Balaban J connectivity index is 0.00000380. The van der Waals surface area contributed by atoms with Crippen molar-refractivity contribution in [3.63, 3.8) is 0 Å². The summed E-state index contributed by atoms with van der Waals surface area (Å²) in [4.78, 5) is 43.4. The molecule has 3 aromatic rings. The van der Waals surface area contributed by atoms with E-state index < -0.39 is 10.9 Å². The van der Waals surface area contributed by atoms with Gasteiger partial charge >= 0.3 is 11.7 Å². The van der Waals surface area contributed by atoms with Crippen LogP contribution in [0.3, 0.4) is 0 Å². The number of benzene rings is 2. The molecule has 3 N–H and O–H groups in total. The van der Waals surface area contributed by atoms with Crippen molar-refractivity contribution in [3.8, 4) is 0 Å². The number of hydrogen-bond donors (Lipinski definition) is 3. The minimum absolute atomic E-state index is 0. The first kappa shape index (κ1) is 27.3. The molecular formula is C25H27ClN6O5. The van der Waals surface area contributed by atoms with Crippen LogP contribution in [0.15, 0.2) is 54.7 Å². The largest absolute Gasteiger partial charge is 0.459 e. The Morgan fingerprint density at radius 1 is 1.00 bits per heavy atom. The van der Waals surface area contributed by atoms with Crippen molar-refractivity contribution >= 4 is 58.8 Å². The zero-order chi connectivity index (χ0) is 25.5. The highest BCUT2D eigenvalue weighted by Gasteiger charge is 2.23. The molecule has 1 aliphatic rings. The van der Waals surface area contributed by atoms with Gasteiger partial charge in [0.05, 0.1) is 16.2 Å². The number of carbonyl (C=O) groups excluding carboxylic acids is 2. The molecule has 1 amide bonds. The molecule has 1 heterocycles. The fourth-order valence-corrected chi connectivity index (χ4v) is 3.93. The summed E-state index contributed by atoms with van der Waals surface area (Å²) in [6.07, 6.45) is 5.82. The normalized spacial score (nSPS) is 13.1. The van der Waals surface area contributed by atoms with Crippen LogP contribution in [-0.2, 0) is 9.53 Å². The first-order valence-corrected chi connectivity index (χ1v) is 11.6. The van der Waals surface area contributed by atoms with Gasteiger partial charge in [0.1, 0.15) is 12.3 Å². The summed E-state index contributed by atoms with van der Waals surface area (Å²) in [7, 11) is 0. The van der Waals surface area contributed by atoms with E-state index in [4.69, 9.17) is 4.74 Å². The van der Waals surface area contributed by atoms with Gasteiger partial charge in [-0.3, -0.25) is 14.9 Å². The Morgan fingerprint density at radius 2 is 1.68 bits per heavy atom. The van der Waals surface area contributed by atoms with Crippen LogP contribution >= 0.6 is 12.4 Å². The number of hydrogen-bond acceptors (Lipinski definition) is 9. The van der Waals surface area contributed by atoms with Crippen molar-refractivity contribution in [2.75, 3.05) is 16.0 Å². The molecule has 1 aliphatic carbocycles. The van der Waals surface area contributed by atoms with Gasteiger partial charge in [-0.1, -0.05) is 18.6 Å². The van der Waals surface area contributed by atoms with E-state index in [2.05, 4.69) is 25.9 Å². The Kier molecular flexibility index (Phi) is 9.33. The monoisotopic (exact) mass is 526 g/mol. The molecule has 1 saturated carbocycles. The highest BCUT2D eigenvalue weighted by Crippen LogP contribution is 2.30. The molecule has 4 rings (SSSR count). The second-order valence-electron chi connectivity index (χ2n) is 8.40. The molecular weight excluding hydrogens is 500 g/mol. The van der Waals surface area contributed by atoms with Gasteiger partial charge in [0.15, 0.2) is 0 Å². The SMILES string of the molecule is CC(=O)Nc1ccc(Nc2ncc([N+](=O)[O-])c(Nc3ccccc3C(=O)OC3CCCCC3)n2)cc1.Cl. The molecule has 11 nitrogen and oxygen atoms in total. The molecule has 0 radical (unpaired) electrons. The fraction of sp³-hybridized carbons (Fsp3) is 0.280. The lowest BCUT2D eigenvalue weighted by Gasteiger charge is -2.22. The Labute approximate surface area is 219 Å². The van der Waals surface area contributed by atoms with Crippen molar-refractivity contribution in [1.82, 2.24) is 9.97 Å². The Bertz CT molecular complexity index is 1260. The predicted molar refractivity (Wildman–Crippen MR) is 142 cm³/mol.